The average molecular weight is 402 g/mol. The van der Waals surface area contributed by atoms with Gasteiger partial charge in [0.15, 0.2) is 0 Å². The molecule has 5 heteroatoms. The first kappa shape index (κ1) is 21.1. The first-order valence-electron chi connectivity index (χ1n) is 9.85. The van der Waals surface area contributed by atoms with Crippen molar-refractivity contribution in [3.05, 3.63) is 100 Å². The molecule has 1 atom stereocenters. The minimum atomic E-state index is -0.387. The molecule has 30 heavy (non-hydrogen) atoms. The molecule has 1 unspecified atom stereocenters. The van der Waals surface area contributed by atoms with Gasteiger partial charge in [0.1, 0.15) is 11.5 Å². The van der Waals surface area contributed by atoms with Crippen LogP contribution >= 0.6 is 0 Å². The maximum atomic E-state index is 13.1. The highest BCUT2D eigenvalue weighted by atomic mass is 16.3. The van der Waals surface area contributed by atoms with Crippen LogP contribution in [0.1, 0.15) is 51.3 Å². The number of carbonyl (C=O) groups is 2. The molecule has 1 aromatic heterocycles. The highest BCUT2D eigenvalue weighted by Gasteiger charge is 2.19. The Morgan fingerprint density at radius 3 is 2.43 bits per heavy atom. The molecule has 0 saturated carbocycles. The summed E-state index contributed by atoms with van der Waals surface area (Å²) in [7, 11) is 0. The van der Waals surface area contributed by atoms with Crippen LogP contribution < -0.4 is 10.6 Å². The Kier molecular flexibility index (Phi) is 6.52. The molecule has 154 valence electrons. The fraction of sp³-hybridized carbons (Fsp3) is 0.200. The SMILES string of the molecule is Cc1ccc(C)c(C(C)NC(=O)/C(=C/c2ccco2)NC(=O)c2ccccc2C)c1. The summed E-state index contributed by atoms with van der Waals surface area (Å²) in [4.78, 5) is 25.9. The zero-order chi connectivity index (χ0) is 21.7. The zero-order valence-electron chi connectivity index (χ0n) is 17.7. The third kappa shape index (κ3) is 5.06. The first-order chi connectivity index (χ1) is 14.3. The van der Waals surface area contributed by atoms with E-state index in [9.17, 15) is 9.59 Å². The minimum Gasteiger partial charge on any atom is -0.465 e. The van der Waals surface area contributed by atoms with Crippen molar-refractivity contribution in [2.24, 2.45) is 0 Å². The van der Waals surface area contributed by atoms with Crippen molar-refractivity contribution in [2.45, 2.75) is 33.7 Å². The van der Waals surface area contributed by atoms with E-state index in [4.69, 9.17) is 4.42 Å². The van der Waals surface area contributed by atoms with Gasteiger partial charge in [0.05, 0.1) is 12.3 Å². The summed E-state index contributed by atoms with van der Waals surface area (Å²) in [5.41, 5.74) is 4.71. The fourth-order valence-corrected chi connectivity index (χ4v) is 3.27. The van der Waals surface area contributed by atoms with Crippen molar-refractivity contribution < 1.29 is 14.0 Å². The molecule has 0 spiro atoms. The molecule has 0 aliphatic heterocycles. The van der Waals surface area contributed by atoms with E-state index in [0.717, 1.165) is 22.3 Å². The van der Waals surface area contributed by atoms with Crippen LogP contribution in [0, 0.1) is 20.8 Å². The van der Waals surface area contributed by atoms with Gasteiger partial charge in [-0.05, 0) is 62.6 Å². The van der Waals surface area contributed by atoms with E-state index in [1.54, 1.807) is 24.3 Å². The second-order valence-electron chi connectivity index (χ2n) is 7.40. The lowest BCUT2D eigenvalue weighted by atomic mass is 10.00. The van der Waals surface area contributed by atoms with E-state index in [-0.39, 0.29) is 23.6 Å². The van der Waals surface area contributed by atoms with Gasteiger partial charge in [-0.3, -0.25) is 9.59 Å². The lowest BCUT2D eigenvalue weighted by Crippen LogP contribution is -2.36. The quantitative estimate of drug-likeness (QED) is 0.579. The van der Waals surface area contributed by atoms with Crippen molar-refractivity contribution in [3.8, 4) is 0 Å². The van der Waals surface area contributed by atoms with Gasteiger partial charge in [-0.2, -0.15) is 0 Å². The van der Waals surface area contributed by atoms with Gasteiger partial charge in [0, 0.05) is 11.6 Å². The topological polar surface area (TPSA) is 71.3 Å². The van der Waals surface area contributed by atoms with E-state index in [1.807, 2.05) is 52.0 Å². The zero-order valence-corrected chi connectivity index (χ0v) is 17.7. The summed E-state index contributed by atoms with van der Waals surface area (Å²) in [5, 5.41) is 5.73. The molecule has 5 nitrogen and oxygen atoms in total. The third-order valence-corrected chi connectivity index (χ3v) is 4.96. The molecule has 0 bridgehead atoms. The van der Waals surface area contributed by atoms with Crippen LogP contribution in [0.25, 0.3) is 6.08 Å². The minimum absolute atomic E-state index is 0.121. The number of amides is 2. The van der Waals surface area contributed by atoms with Gasteiger partial charge < -0.3 is 15.1 Å². The monoisotopic (exact) mass is 402 g/mol. The smallest absolute Gasteiger partial charge is 0.268 e. The van der Waals surface area contributed by atoms with Crippen LogP contribution in [0.15, 0.2) is 71.0 Å². The van der Waals surface area contributed by atoms with E-state index in [2.05, 4.69) is 16.7 Å². The van der Waals surface area contributed by atoms with E-state index < -0.39 is 0 Å². The van der Waals surface area contributed by atoms with Crippen LogP contribution in [0.2, 0.25) is 0 Å². The highest BCUT2D eigenvalue weighted by molar-refractivity contribution is 6.05. The van der Waals surface area contributed by atoms with Crippen LogP contribution in [0.4, 0.5) is 0 Å². The van der Waals surface area contributed by atoms with Gasteiger partial charge in [0.25, 0.3) is 11.8 Å². The number of carbonyl (C=O) groups excluding carboxylic acids is 2. The number of hydrogen-bond donors (Lipinski definition) is 2. The summed E-state index contributed by atoms with van der Waals surface area (Å²) in [6.07, 6.45) is 3.05. The van der Waals surface area contributed by atoms with Gasteiger partial charge in [0.2, 0.25) is 0 Å². The van der Waals surface area contributed by atoms with Gasteiger partial charge in [-0.1, -0.05) is 42.0 Å². The molecule has 2 N–H and O–H groups in total. The molecule has 0 radical (unpaired) electrons. The van der Waals surface area contributed by atoms with E-state index in [1.165, 1.54) is 12.3 Å². The Labute approximate surface area is 176 Å². The van der Waals surface area contributed by atoms with Crippen LogP contribution in [0.3, 0.4) is 0 Å². The summed E-state index contributed by atoms with van der Waals surface area (Å²) >= 11 is 0. The van der Waals surface area contributed by atoms with Crippen molar-refractivity contribution in [2.75, 3.05) is 0 Å². The Bertz CT molecular complexity index is 1080. The Morgan fingerprint density at radius 2 is 1.73 bits per heavy atom. The van der Waals surface area contributed by atoms with Crippen LogP contribution in [-0.4, -0.2) is 11.8 Å². The molecular formula is C25H26N2O3. The standard InChI is InChI=1S/C25H26N2O3/c1-16-11-12-18(3)22(14-16)19(4)26-25(29)23(15-20-9-7-13-30-20)27-24(28)21-10-6-5-8-17(21)2/h5-15,19H,1-4H3,(H,26,29)(H,27,28)/b23-15-. The first-order valence-corrected chi connectivity index (χ1v) is 9.85. The Hall–Kier alpha value is -3.60. The fourth-order valence-electron chi connectivity index (χ4n) is 3.27. The average Bonchev–Trinajstić information content (AvgIpc) is 3.22. The predicted molar refractivity (Wildman–Crippen MR) is 118 cm³/mol. The van der Waals surface area contributed by atoms with Crippen molar-refractivity contribution in [3.63, 3.8) is 0 Å². The van der Waals surface area contributed by atoms with Crippen LogP contribution in [0.5, 0.6) is 0 Å². The summed E-state index contributed by atoms with van der Waals surface area (Å²) in [5.74, 6) is -0.258. The van der Waals surface area contributed by atoms with Gasteiger partial charge in [-0.25, -0.2) is 0 Å². The third-order valence-electron chi connectivity index (χ3n) is 4.96. The molecular weight excluding hydrogens is 376 g/mol. The molecule has 1 heterocycles. The number of furan rings is 1. The number of benzene rings is 2. The largest absolute Gasteiger partial charge is 0.465 e. The van der Waals surface area contributed by atoms with Crippen molar-refractivity contribution in [1.29, 1.82) is 0 Å². The van der Waals surface area contributed by atoms with Crippen molar-refractivity contribution >= 4 is 17.9 Å². The lowest BCUT2D eigenvalue weighted by molar-refractivity contribution is -0.118. The highest BCUT2D eigenvalue weighted by Crippen LogP contribution is 2.19. The number of hydrogen-bond acceptors (Lipinski definition) is 3. The Morgan fingerprint density at radius 1 is 0.967 bits per heavy atom. The number of aryl methyl sites for hydroxylation is 3. The predicted octanol–water partition coefficient (Wildman–Crippen LogP) is 4.85. The molecule has 2 aromatic carbocycles. The second-order valence-corrected chi connectivity index (χ2v) is 7.40. The Balaban J connectivity index is 1.85. The van der Waals surface area contributed by atoms with Gasteiger partial charge >= 0.3 is 0 Å². The molecule has 0 fully saturated rings. The number of nitrogens with one attached hydrogen (secondary N) is 2. The lowest BCUT2D eigenvalue weighted by Gasteiger charge is -2.19. The summed E-state index contributed by atoms with van der Waals surface area (Å²) < 4.78 is 5.34. The normalized spacial score (nSPS) is 12.3. The van der Waals surface area contributed by atoms with E-state index in [0.29, 0.717) is 11.3 Å². The molecule has 0 saturated heterocycles. The second kappa shape index (κ2) is 9.27. The van der Waals surface area contributed by atoms with Crippen molar-refractivity contribution in [1.82, 2.24) is 10.6 Å². The van der Waals surface area contributed by atoms with Crippen LogP contribution in [-0.2, 0) is 4.79 Å². The molecule has 3 rings (SSSR count). The van der Waals surface area contributed by atoms with E-state index >= 15 is 0 Å². The van der Waals surface area contributed by atoms with Gasteiger partial charge in [-0.15, -0.1) is 0 Å². The maximum Gasteiger partial charge on any atom is 0.268 e. The summed E-state index contributed by atoms with van der Waals surface area (Å²) in [6, 6.07) is 16.6. The summed E-state index contributed by atoms with van der Waals surface area (Å²) in [6.45, 7) is 7.81. The number of rotatable bonds is 6. The molecule has 0 aliphatic rings. The molecule has 0 aliphatic carbocycles. The molecule has 3 aromatic rings. The molecule has 2 amide bonds. The maximum absolute atomic E-state index is 13.1.